The van der Waals surface area contributed by atoms with E-state index < -0.39 is 0 Å². The Morgan fingerprint density at radius 2 is 1.83 bits per heavy atom. The van der Waals surface area contributed by atoms with Crippen molar-refractivity contribution in [1.29, 1.82) is 0 Å². The summed E-state index contributed by atoms with van der Waals surface area (Å²) >= 11 is 0. The van der Waals surface area contributed by atoms with Crippen LogP contribution in [0.2, 0.25) is 0 Å². The van der Waals surface area contributed by atoms with Crippen LogP contribution >= 0.6 is 21.6 Å². The Bertz CT molecular complexity index is 59.9. The minimum absolute atomic E-state index is 1.17. The minimum atomic E-state index is 1.17. The topological polar surface area (TPSA) is 0 Å². The highest BCUT2D eigenvalue weighted by Gasteiger charge is 2.02. The van der Waals surface area contributed by atoms with Gasteiger partial charge >= 0.3 is 0 Å². The molecule has 1 aliphatic heterocycles. The van der Waals surface area contributed by atoms with Crippen molar-refractivity contribution in [3.8, 4) is 0 Å². The van der Waals surface area contributed by atoms with Gasteiger partial charge in [-0.15, -0.1) is 0 Å². The first-order valence-corrected chi connectivity index (χ1v) is 4.29. The largest absolute Gasteiger partial charge is 0.0981 e. The van der Waals surface area contributed by atoms with Crippen LogP contribution < -0.4 is 0 Å². The van der Waals surface area contributed by atoms with E-state index in [4.69, 9.17) is 0 Å². The monoisotopic (exact) mass is 118 g/mol. The Morgan fingerprint density at radius 1 is 1.33 bits per heavy atom. The molecular weight excluding hydrogens is 112 g/mol. The zero-order valence-electron chi connectivity index (χ0n) is 3.44. The van der Waals surface area contributed by atoms with E-state index in [2.05, 4.69) is 6.58 Å². The van der Waals surface area contributed by atoms with Crippen LogP contribution in [0.4, 0.5) is 0 Å². The molecule has 0 saturated carbocycles. The first kappa shape index (κ1) is 4.60. The Balaban J connectivity index is 2.37. The van der Waals surface area contributed by atoms with E-state index in [9.17, 15) is 0 Å². The van der Waals surface area contributed by atoms with Crippen LogP contribution in [-0.4, -0.2) is 11.5 Å². The van der Waals surface area contributed by atoms with Gasteiger partial charge in [-0.2, -0.15) is 0 Å². The maximum absolute atomic E-state index is 3.81. The summed E-state index contributed by atoms with van der Waals surface area (Å²) in [7, 11) is 3.80. The van der Waals surface area contributed by atoms with E-state index in [1.165, 1.54) is 17.1 Å². The van der Waals surface area contributed by atoms with Crippen LogP contribution in [0.15, 0.2) is 12.2 Å². The lowest BCUT2D eigenvalue weighted by atomic mass is 10.4. The lowest BCUT2D eigenvalue weighted by Crippen LogP contribution is -1.73. The second-order valence-electron chi connectivity index (χ2n) is 1.27. The highest BCUT2D eigenvalue weighted by atomic mass is 33.1. The van der Waals surface area contributed by atoms with E-state index in [1.54, 1.807) is 0 Å². The van der Waals surface area contributed by atoms with Gasteiger partial charge < -0.3 is 0 Å². The molecular formula is C4H6S2. The van der Waals surface area contributed by atoms with Crippen molar-refractivity contribution in [3.63, 3.8) is 0 Å². The molecule has 0 nitrogen and oxygen atoms in total. The number of hydrogen-bond donors (Lipinski definition) is 0. The summed E-state index contributed by atoms with van der Waals surface area (Å²) < 4.78 is 0. The maximum atomic E-state index is 3.81. The standard InChI is InChI=1S/C4H6S2/c1-4-2-5-6-3-4/h1-3H2. The molecule has 1 saturated heterocycles. The first-order valence-electron chi connectivity index (χ1n) is 1.80. The van der Waals surface area contributed by atoms with Gasteiger partial charge in [0.1, 0.15) is 0 Å². The Morgan fingerprint density at radius 3 is 2.00 bits per heavy atom. The molecule has 0 radical (unpaired) electrons. The molecule has 1 heterocycles. The summed E-state index contributed by atoms with van der Waals surface area (Å²) in [5.41, 5.74) is 1.38. The zero-order chi connectivity index (χ0) is 4.41. The molecule has 0 N–H and O–H groups in total. The Hall–Kier alpha value is 0.440. The first-order chi connectivity index (χ1) is 2.89. The van der Waals surface area contributed by atoms with Crippen molar-refractivity contribution >= 4 is 21.6 Å². The van der Waals surface area contributed by atoms with Gasteiger partial charge in [-0.1, -0.05) is 33.7 Å². The van der Waals surface area contributed by atoms with Crippen molar-refractivity contribution in [2.24, 2.45) is 0 Å². The van der Waals surface area contributed by atoms with Crippen LogP contribution in [0.3, 0.4) is 0 Å². The quantitative estimate of drug-likeness (QED) is 0.352. The summed E-state index contributed by atoms with van der Waals surface area (Å²) in [6, 6.07) is 0. The fraction of sp³-hybridized carbons (Fsp3) is 0.500. The number of hydrogen-bond acceptors (Lipinski definition) is 2. The van der Waals surface area contributed by atoms with Gasteiger partial charge in [0.2, 0.25) is 0 Å². The number of rotatable bonds is 0. The third-order valence-electron chi connectivity index (χ3n) is 0.609. The zero-order valence-corrected chi connectivity index (χ0v) is 5.07. The summed E-state index contributed by atoms with van der Waals surface area (Å²) in [5, 5.41) is 0. The molecule has 1 fully saturated rings. The van der Waals surface area contributed by atoms with Gasteiger partial charge in [0.05, 0.1) is 0 Å². The summed E-state index contributed by atoms with van der Waals surface area (Å²) in [4.78, 5) is 0. The smallest absolute Gasteiger partial charge is 0.0253 e. The molecule has 0 bridgehead atoms. The fourth-order valence-electron chi connectivity index (χ4n) is 0.292. The lowest BCUT2D eigenvalue weighted by molar-refractivity contribution is 1.49. The van der Waals surface area contributed by atoms with Crippen LogP contribution in [0.25, 0.3) is 0 Å². The predicted octanol–water partition coefficient (Wildman–Crippen LogP) is 1.94. The maximum Gasteiger partial charge on any atom is 0.0253 e. The van der Waals surface area contributed by atoms with Gasteiger partial charge in [-0.3, -0.25) is 0 Å². The molecule has 2 heteroatoms. The SMILES string of the molecule is C=C1CSSC1. The Labute approximate surface area is 45.8 Å². The molecule has 1 aliphatic rings. The van der Waals surface area contributed by atoms with Crippen LogP contribution in [-0.2, 0) is 0 Å². The third kappa shape index (κ3) is 0.949. The third-order valence-corrected chi connectivity index (χ3v) is 3.04. The van der Waals surface area contributed by atoms with E-state index in [1.807, 2.05) is 21.6 Å². The molecule has 0 aliphatic carbocycles. The van der Waals surface area contributed by atoms with E-state index in [0.717, 1.165) is 0 Å². The molecule has 0 amide bonds. The average Bonchev–Trinajstić information content (AvgIpc) is 1.86. The second kappa shape index (κ2) is 1.94. The predicted molar refractivity (Wildman–Crippen MR) is 34.1 cm³/mol. The molecule has 0 aromatic rings. The molecule has 6 heavy (non-hydrogen) atoms. The van der Waals surface area contributed by atoms with Gasteiger partial charge in [0, 0.05) is 11.5 Å². The van der Waals surface area contributed by atoms with Crippen molar-refractivity contribution < 1.29 is 0 Å². The summed E-state index contributed by atoms with van der Waals surface area (Å²) in [6.45, 7) is 3.81. The van der Waals surface area contributed by atoms with Crippen molar-refractivity contribution in [1.82, 2.24) is 0 Å². The van der Waals surface area contributed by atoms with Crippen molar-refractivity contribution in [2.45, 2.75) is 0 Å². The van der Waals surface area contributed by atoms with Gasteiger partial charge in [0.25, 0.3) is 0 Å². The van der Waals surface area contributed by atoms with Crippen LogP contribution in [0.5, 0.6) is 0 Å². The van der Waals surface area contributed by atoms with Gasteiger partial charge in [-0.05, 0) is 0 Å². The average molecular weight is 118 g/mol. The van der Waals surface area contributed by atoms with Gasteiger partial charge in [-0.25, -0.2) is 0 Å². The normalized spacial score (nSPS) is 22.3. The minimum Gasteiger partial charge on any atom is -0.0981 e. The molecule has 0 aromatic carbocycles. The van der Waals surface area contributed by atoms with E-state index in [0.29, 0.717) is 0 Å². The molecule has 0 aromatic heterocycles. The highest BCUT2D eigenvalue weighted by molar-refractivity contribution is 8.77. The van der Waals surface area contributed by atoms with E-state index >= 15 is 0 Å². The molecule has 0 unspecified atom stereocenters. The lowest BCUT2D eigenvalue weighted by Gasteiger charge is -1.77. The second-order valence-corrected chi connectivity index (χ2v) is 3.74. The molecule has 0 atom stereocenters. The van der Waals surface area contributed by atoms with Gasteiger partial charge in [0.15, 0.2) is 0 Å². The Kier molecular flexibility index (Phi) is 1.48. The van der Waals surface area contributed by atoms with Crippen molar-refractivity contribution in [3.05, 3.63) is 12.2 Å². The molecule has 1 rings (SSSR count). The van der Waals surface area contributed by atoms with Crippen LogP contribution in [0, 0.1) is 0 Å². The van der Waals surface area contributed by atoms with E-state index in [-0.39, 0.29) is 0 Å². The highest BCUT2D eigenvalue weighted by Crippen LogP contribution is 2.32. The summed E-state index contributed by atoms with van der Waals surface area (Å²) in [5.74, 6) is 2.34. The summed E-state index contributed by atoms with van der Waals surface area (Å²) in [6.07, 6.45) is 0. The molecule has 34 valence electrons. The molecule has 0 spiro atoms. The van der Waals surface area contributed by atoms with Crippen LogP contribution in [0.1, 0.15) is 0 Å². The van der Waals surface area contributed by atoms with Crippen molar-refractivity contribution in [2.75, 3.05) is 11.5 Å². The fourth-order valence-corrected chi connectivity index (χ4v) is 2.62.